The van der Waals surface area contributed by atoms with Crippen LogP contribution in [0.2, 0.25) is 0 Å². The highest BCUT2D eigenvalue weighted by Crippen LogP contribution is 2.05. The molecule has 1 unspecified atom stereocenters. The first-order valence-electron chi connectivity index (χ1n) is 5.51. The summed E-state index contributed by atoms with van der Waals surface area (Å²) in [6.07, 6.45) is 2.40. The molecule has 0 aromatic carbocycles. The van der Waals surface area contributed by atoms with Gasteiger partial charge in [0.1, 0.15) is 0 Å². The number of nitrogens with one attached hydrogen (secondary N) is 1. The third kappa shape index (κ3) is 8.26. The smallest absolute Gasteiger partial charge is 0.0619 e. The molecule has 0 fully saturated rings. The summed E-state index contributed by atoms with van der Waals surface area (Å²) in [7, 11) is 0. The van der Waals surface area contributed by atoms with Crippen LogP contribution in [0.5, 0.6) is 0 Å². The molecule has 0 aliphatic carbocycles. The average Bonchev–Trinajstić information content (AvgIpc) is 2.09. The highest BCUT2D eigenvalue weighted by Gasteiger charge is 2.09. The Bertz CT molecular complexity index is 96.3. The van der Waals surface area contributed by atoms with E-state index in [1.165, 1.54) is 12.8 Å². The van der Waals surface area contributed by atoms with Gasteiger partial charge in [-0.25, -0.2) is 0 Å². The molecule has 0 rings (SSSR count). The molecule has 0 bridgehead atoms. The molecular formula is C11H25NO. The van der Waals surface area contributed by atoms with Gasteiger partial charge < -0.3 is 10.1 Å². The Morgan fingerprint density at radius 1 is 1.23 bits per heavy atom. The Morgan fingerprint density at radius 2 is 1.92 bits per heavy atom. The molecular weight excluding hydrogens is 162 g/mol. The molecule has 13 heavy (non-hydrogen) atoms. The van der Waals surface area contributed by atoms with Gasteiger partial charge in [0.05, 0.1) is 6.61 Å². The van der Waals surface area contributed by atoms with Crippen LogP contribution in [-0.2, 0) is 4.74 Å². The molecule has 80 valence electrons. The fourth-order valence-electron chi connectivity index (χ4n) is 1.39. The number of hydrogen-bond donors (Lipinski definition) is 1. The lowest BCUT2D eigenvalue weighted by atomic mass is 10.0. The van der Waals surface area contributed by atoms with Gasteiger partial charge in [-0.15, -0.1) is 0 Å². The maximum Gasteiger partial charge on any atom is 0.0619 e. The Hall–Kier alpha value is -0.0800. The molecule has 0 amide bonds. The summed E-state index contributed by atoms with van der Waals surface area (Å²) in [4.78, 5) is 0. The summed E-state index contributed by atoms with van der Waals surface area (Å²) < 4.78 is 5.43. The van der Waals surface area contributed by atoms with Gasteiger partial charge in [0.25, 0.3) is 0 Å². The van der Waals surface area contributed by atoms with E-state index in [1.54, 1.807) is 0 Å². The van der Waals surface area contributed by atoms with Crippen molar-refractivity contribution < 1.29 is 4.74 Å². The van der Waals surface area contributed by atoms with E-state index < -0.39 is 0 Å². The zero-order valence-electron chi connectivity index (χ0n) is 9.60. The van der Waals surface area contributed by atoms with Crippen LogP contribution in [0, 0.1) is 5.92 Å². The second-order valence-corrected chi connectivity index (χ2v) is 3.94. The molecule has 2 nitrogen and oxygen atoms in total. The fraction of sp³-hybridized carbons (Fsp3) is 1.00. The third-order valence-electron chi connectivity index (χ3n) is 1.96. The topological polar surface area (TPSA) is 21.3 Å². The summed E-state index contributed by atoms with van der Waals surface area (Å²) in [5.74, 6) is 0.745. The van der Waals surface area contributed by atoms with Gasteiger partial charge in [-0.05, 0) is 32.2 Å². The number of ether oxygens (including phenoxy) is 1. The van der Waals surface area contributed by atoms with Crippen molar-refractivity contribution in [3.63, 3.8) is 0 Å². The highest BCUT2D eigenvalue weighted by molar-refractivity contribution is 4.67. The minimum atomic E-state index is 0.542. The summed E-state index contributed by atoms with van der Waals surface area (Å²) in [5, 5.41) is 3.51. The molecule has 0 saturated heterocycles. The minimum Gasteiger partial charge on any atom is -0.380 e. The lowest BCUT2D eigenvalue weighted by molar-refractivity contribution is 0.116. The fourth-order valence-corrected chi connectivity index (χ4v) is 1.39. The summed E-state index contributed by atoms with van der Waals surface area (Å²) in [6.45, 7) is 11.5. The molecule has 1 N–H and O–H groups in total. The van der Waals surface area contributed by atoms with Gasteiger partial charge in [-0.3, -0.25) is 0 Å². The molecule has 0 saturated carbocycles. The largest absolute Gasteiger partial charge is 0.380 e. The van der Waals surface area contributed by atoms with Crippen LogP contribution >= 0.6 is 0 Å². The van der Waals surface area contributed by atoms with E-state index in [9.17, 15) is 0 Å². The molecule has 0 radical (unpaired) electrons. The Labute approximate surface area is 83.1 Å². The van der Waals surface area contributed by atoms with Crippen molar-refractivity contribution >= 4 is 0 Å². The predicted molar refractivity (Wildman–Crippen MR) is 58.0 cm³/mol. The Kier molecular flexibility index (Phi) is 8.46. The standard InChI is InChI=1S/C11H25NO/c1-5-7-12-11(8-10(3)4)9-13-6-2/h10-12H,5-9H2,1-4H3. The van der Waals surface area contributed by atoms with Crippen molar-refractivity contribution in [3.8, 4) is 0 Å². The average molecular weight is 187 g/mol. The first kappa shape index (κ1) is 12.9. The van der Waals surface area contributed by atoms with Crippen molar-refractivity contribution in [3.05, 3.63) is 0 Å². The van der Waals surface area contributed by atoms with E-state index >= 15 is 0 Å². The summed E-state index contributed by atoms with van der Waals surface area (Å²) in [6, 6.07) is 0.542. The molecule has 2 heteroatoms. The van der Waals surface area contributed by atoms with Crippen LogP contribution < -0.4 is 5.32 Å². The maximum atomic E-state index is 5.43. The van der Waals surface area contributed by atoms with Crippen molar-refractivity contribution in [1.82, 2.24) is 5.32 Å². The van der Waals surface area contributed by atoms with E-state index in [0.29, 0.717) is 6.04 Å². The van der Waals surface area contributed by atoms with Gasteiger partial charge in [-0.1, -0.05) is 20.8 Å². The monoisotopic (exact) mass is 187 g/mol. The summed E-state index contributed by atoms with van der Waals surface area (Å²) in [5.41, 5.74) is 0. The van der Waals surface area contributed by atoms with Crippen LogP contribution in [0.1, 0.15) is 40.5 Å². The SMILES string of the molecule is CCCNC(COCC)CC(C)C. The van der Waals surface area contributed by atoms with Crippen molar-refractivity contribution in [1.29, 1.82) is 0 Å². The lowest BCUT2D eigenvalue weighted by Gasteiger charge is -2.19. The second kappa shape index (κ2) is 8.52. The van der Waals surface area contributed by atoms with E-state index in [2.05, 4.69) is 26.1 Å². The minimum absolute atomic E-state index is 0.542. The van der Waals surface area contributed by atoms with Crippen LogP contribution in [0.25, 0.3) is 0 Å². The van der Waals surface area contributed by atoms with Crippen molar-refractivity contribution in [2.75, 3.05) is 19.8 Å². The molecule has 0 spiro atoms. The van der Waals surface area contributed by atoms with Crippen LogP contribution in [0.3, 0.4) is 0 Å². The Morgan fingerprint density at radius 3 is 2.38 bits per heavy atom. The van der Waals surface area contributed by atoms with Crippen LogP contribution in [0.4, 0.5) is 0 Å². The van der Waals surface area contributed by atoms with Crippen LogP contribution in [-0.4, -0.2) is 25.8 Å². The Balaban J connectivity index is 3.60. The molecule has 0 aromatic rings. The van der Waals surface area contributed by atoms with Gasteiger partial charge in [0, 0.05) is 12.6 Å². The van der Waals surface area contributed by atoms with Crippen molar-refractivity contribution in [2.45, 2.75) is 46.6 Å². The zero-order valence-corrected chi connectivity index (χ0v) is 9.60. The van der Waals surface area contributed by atoms with E-state index in [1.807, 2.05) is 6.92 Å². The molecule has 0 aliphatic heterocycles. The first-order valence-corrected chi connectivity index (χ1v) is 5.51. The van der Waals surface area contributed by atoms with Gasteiger partial charge in [0.2, 0.25) is 0 Å². The third-order valence-corrected chi connectivity index (χ3v) is 1.96. The van der Waals surface area contributed by atoms with Crippen molar-refractivity contribution in [2.24, 2.45) is 5.92 Å². The number of rotatable bonds is 8. The predicted octanol–water partition coefficient (Wildman–Crippen LogP) is 2.44. The van der Waals surface area contributed by atoms with Gasteiger partial charge >= 0.3 is 0 Å². The van der Waals surface area contributed by atoms with Crippen LogP contribution in [0.15, 0.2) is 0 Å². The zero-order chi connectivity index (χ0) is 10.1. The second-order valence-electron chi connectivity index (χ2n) is 3.94. The number of hydrogen-bond acceptors (Lipinski definition) is 2. The van der Waals surface area contributed by atoms with Gasteiger partial charge in [-0.2, -0.15) is 0 Å². The van der Waals surface area contributed by atoms with E-state index in [0.717, 1.165) is 25.7 Å². The first-order chi connectivity index (χ1) is 6.20. The van der Waals surface area contributed by atoms with E-state index in [4.69, 9.17) is 4.74 Å². The maximum absolute atomic E-state index is 5.43. The highest BCUT2D eigenvalue weighted by atomic mass is 16.5. The quantitative estimate of drug-likeness (QED) is 0.630. The summed E-state index contributed by atoms with van der Waals surface area (Å²) >= 11 is 0. The molecule has 1 atom stereocenters. The van der Waals surface area contributed by atoms with Gasteiger partial charge in [0.15, 0.2) is 0 Å². The van der Waals surface area contributed by atoms with E-state index in [-0.39, 0.29) is 0 Å². The normalized spacial score (nSPS) is 13.6. The lowest BCUT2D eigenvalue weighted by Crippen LogP contribution is -2.35. The molecule has 0 heterocycles. The molecule has 0 aromatic heterocycles. The molecule has 0 aliphatic rings.